The summed E-state index contributed by atoms with van der Waals surface area (Å²) in [5.41, 5.74) is 0.327. The monoisotopic (exact) mass is 227 g/mol. The van der Waals surface area contributed by atoms with Crippen LogP contribution in [0.4, 0.5) is 4.79 Å². The normalized spacial score (nSPS) is 24.7. The molecule has 0 aliphatic carbocycles. The molecule has 1 rings (SSSR count). The van der Waals surface area contributed by atoms with Gasteiger partial charge in [-0.3, -0.25) is 0 Å². The van der Waals surface area contributed by atoms with E-state index in [9.17, 15) is 4.79 Å². The molecule has 2 N–H and O–H groups in total. The number of hydrogen-bond acceptors (Lipinski definition) is 3. The summed E-state index contributed by atoms with van der Waals surface area (Å²) in [6.45, 7) is 10.1. The highest BCUT2D eigenvalue weighted by molar-refractivity contribution is 5.83. The number of oxime groups is 1. The van der Waals surface area contributed by atoms with Gasteiger partial charge in [-0.15, -0.1) is 0 Å². The maximum Gasteiger partial charge on any atom is 0.315 e. The summed E-state index contributed by atoms with van der Waals surface area (Å²) < 4.78 is 0. The van der Waals surface area contributed by atoms with Crippen LogP contribution < -0.4 is 10.6 Å². The number of carbonyl (C=O) groups excluding carboxylic acids is 1. The van der Waals surface area contributed by atoms with E-state index in [1.165, 1.54) is 0 Å². The Labute approximate surface area is 96.6 Å². The number of amides is 2. The molecule has 0 aromatic rings. The van der Waals surface area contributed by atoms with Gasteiger partial charge in [0.15, 0.2) is 5.60 Å². The molecule has 0 saturated heterocycles. The van der Waals surface area contributed by atoms with Gasteiger partial charge >= 0.3 is 6.03 Å². The van der Waals surface area contributed by atoms with E-state index in [0.29, 0.717) is 6.54 Å². The molecule has 5 nitrogen and oxygen atoms in total. The summed E-state index contributed by atoms with van der Waals surface area (Å²) >= 11 is 0. The van der Waals surface area contributed by atoms with Crippen molar-refractivity contribution in [2.45, 2.75) is 52.2 Å². The molecule has 2 amide bonds. The quantitative estimate of drug-likeness (QED) is 0.753. The molecular weight excluding hydrogens is 206 g/mol. The Kier molecular flexibility index (Phi) is 3.45. The molecule has 92 valence electrons. The maximum absolute atomic E-state index is 11.5. The van der Waals surface area contributed by atoms with E-state index in [4.69, 9.17) is 4.84 Å². The first-order valence-electron chi connectivity index (χ1n) is 5.48. The van der Waals surface area contributed by atoms with Gasteiger partial charge in [-0.05, 0) is 34.6 Å². The minimum atomic E-state index is -0.403. The zero-order valence-corrected chi connectivity index (χ0v) is 10.7. The minimum Gasteiger partial charge on any atom is -0.387 e. The van der Waals surface area contributed by atoms with E-state index in [0.717, 1.165) is 12.1 Å². The van der Waals surface area contributed by atoms with E-state index in [1.807, 2.05) is 34.6 Å². The molecule has 1 aliphatic rings. The third-order valence-electron chi connectivity index (χ3n) is 2.16. The Balaban J connectivity index is 2.33. The van der Waals surface area contributed by atoms with Gasteiger partial charge in [0.1, 0.15) is 0 Å². The maximum atomic E-state index is 11.5. The van der Waals surface area contributed by atoms with E-state index in [2.05, 4.69) is 15.8 Å². The van der Waals surface area contributed by atoms with Crippen molar-refractivity contribution in [3.63, 3.8) is 0 Å². The number of urea groups is 1. The summed E-state index contributed by atoms with van der Waals surface area (Å²) in [6, 6.07) is -0.179. The van der Waals surface area contributed by atoms with Crippen molar-refractivity contribution in [2.75, 3.05) is 6.54 Å². The van der Waals surface area contributed by atoms with Crippen molar-refractivity contribution < 1.29 is 9.63 Å². The summed E-state index contributed by atoms with van der Waals surface area (Å²) in [5.74, 6) is 0. The predicted octanol–water partition coefficient (Wildman–Crippen LogP) is 1.64. The first-order valence-corrected chi connectivity index (χ1v) is 5.48. The Hall–Kier alpha value is -1.26. The molecule has 1 heterocycles. The highest BCUT2D eigenvalue weighted by Gasteiger charge is 2.33. The summed E-state index contributed by atoms with van der Waals surface area (Å²) in [4.78, 5) is 16.8. The Bertz CT molecular complexity index is 307. The van der Waals surface area contributed by atoms with Gasteiger partial charge in [0.2, 0.25) is 0 Å². The van der Waals surface area contributed by atoms with Crippen molar-refractivity contribution >= 4 is 11.7 Å². The lowest BCUT2D eigenvalue weighted by Crippen LogP contribution is -2.50. The lowest BCUT2D eigenvalue weighted by Gasteiger charge is -2.25. The first-order chi connectivity index (χ1) is 7.20. The fourth-order valence-electron chi connectivity index (χ4n) is 1.54. The summed E-state index contributed by atoms with van der Waals surface area (Å²) in [7, 11) is 0. The second-order valence-electron chi connectivity index (χ2n) is 5.60. The van der Waals surface area contributed by atoms with Crippen LogP contribution in [0.15, 0.2) is 5.16 Å². The van der Waals surface area contributed by atoms with Crippen LogP contribution >= 0.6 is 0 Å². The molecular formula is C11H21N3O2. The van der Waals surface area contributed by atoms with E-state index >= 15 is 0 Å². The zero-order chi connectivity index (χ0) is 12.4. The number of rotatable bonds is 2. The molecule has 0 bridgehead atoms. The molecule has 1 atom stereocenters. The molecule has 0 aromatic carbocycles. The topological polar surface area (TPSA) is 62.7 Å². The zero-order valence-electron chi connectivity index (χ0n) is 10.7. The third kappa shape index (κ3) is 4.08. The molecule has 0 aromatic heterocycles. The molecule has 16 heavy (non-hydrogen) atoms. The summed E-state index contributed by atoms with van der Waals surface area (Å²) in [5, 5.41) is 9.51. The second kappa shape index (κ2) is 4.31. The van der Waals surface area contributed by atoms with Crippen LogP contribution in [0.1, 0.15) is 41.0 Å². The number of nitrogens with one attached hydrogen (secondary N) is 2. The van der Waals surface area contributed by atoms with Crippen LogP contribution in [0, 0.1) is 0 Å². The standard InChI is InChI=1S/C11H21N3O2/c1-8-6-11(5,16-14-8)7-12-9(15)13-10(2,3)4/h6-7H2,1-5H3,(H2,12,13,15)/t11-/m0/s1. The Morgan fingerprint density at radius 1 is 1.56 bits per heavy atom. The Morgan fingerprint density at radius 2 is 2.19 bits per heavy atom. The second-order valence-corrected chi connectivity index (χ2v) is 5.60. The predicted molar refractivity (Wildman–Crippen MR) is 63.5 cm³/mol. The fraction of sp³-hybridized carbons (Fsp3) is 0.818. The lowest BCUT2D eigenvalue weighted by atomic mass is 10.0. The molecule has 0 radical (unpaired) electrons. The number of nitrogens with zero attached hydrogens (tertiary/aromatic N) is 1. The average molecular weight is 227 g/mol. The minimum absolute atomic E-state index is 0.179. The van der Waals surface area contributed by atoms with Crippen molar-refractivity contribution in [3.05, 3.63) is 0 Å². The van der Waals surface area contributed by atoms with Gasteiger partial charge in [-0.25, -0.2) is 4.79 Å². The number of hydrogen-bond donors (Lipinski definition) is 2. The molecule has 5 heteroatoms. The third-order valence-corrected chi connectivity index (χ3v) is 2.16. The van der Waals surface area contributed by atoms with E-state index in [1.54, 1.807) is 0 Å². The van der Waals surface area contributed by atoms with Crippen molar-refractivity contribution in [3.8, 4) is 0 Å². The molecule has 0 spiro atoms. The highest BCUT2D eigenvalue weighted by atomic mass is 16.7. The molecule has 0 fully saturated rings. The molecule has 0 saturated carbocycles. The van der Waals surface area contributed by atoms with Crippen molar-refractivity contribution in [1.29, 1.82) is 0 Å². The smallest absolute Gasteiger partial charge is 0.315 e. The van der Waals surface area contributed by atoms with Crippen molar-refractivity contribution in [2.24, 2.45) is 5.16 Å². The fourth-order valence-corrected chi connectivity index (χ4v) is 1.54. The molecule has 0 unspecified atom stereocenters. The van der Waals surface area contributed by atoms with E-state index < -0.39 is 5.60 Å². The van der Waals surface area contributed by atoms with Crippen LogP contribution in [0.5, 0.6) is 0 Å². The lowest BCUT2D eigenvalue weighted by molar-refractivity contribution is -0.000505. The summed E-state index contributed by atoms with van der Waals surface area (Å²) in [6.07, 6.45) is 0.753. The van der Waals surface area contributed by atoms with Gasteiger partial charge in [-0.1, -0.05) is 5.16 Å². The van der Waals surface area contributed by atoms with Crippen LogP contribution in [0.25, 0.3) is 0 Å². The van der Waals surface area contributed by atoms with Crippen LogP contribution in [0.2, 0.25) is 0 Å². The van der Waals surface area contributed by atoms with Gasteiger partial charge in [0, 0.05) is 12.0 Å². The number of carbonyl (C=O) groups is 1. The average Bonchev–Trinajstić information content (AvgIpc) is 2.41. The SMILES string of the molecule is CC1=NO[C@](C)(CNC(=O)NC(C)(C)C)C1. The van der Waals surface area contributed by atoms with Crippen LogP contribution in [-0.2, 0) is 4.84 Å². The van der Waals surface area contributed by atoms with Crippen LogP contribution in [-0.4, -0.2) is 29.4 Å². The largest absolute Gasteiger partial charge is 0.387 e. The van der Waals surface area contributed by atoms with Gasteiger partial charge < -0.3 is 15.5 Å². The Morgan fingerprint density at radius 3 is 2.62 bits per heavy atom. The van der Waals surface area contributed by atoms with Gasteiger partial charge in [-0.2, -0.15) is 0 Å². The van der Waals surface area contributed by atoms with Crippen LogP contribution in [0.3, 0.4) is 0 Å². The van der Waals surface area contributed by atoms with E-state index in [-0.39, 0.29) is 11.6 Å². The first kappa shape index (κ1) is 12.8. The van der Waals surface area contributed by atoms with Gasteiger partial charge in [0.05, 0.1) is 12.3 Å². The highest BCUT2D eigenvalue weighted by Crippen LogP contribution is 2.22. The van der Waals surface area contributed by atoms with Crippen molar-refractivity contribution in [1.82, 2.24) is 10.6 Å². The van der Waals surface area contributed by atoms with Gasteiger partial charge in [0.25, 0.3) is 0 Å². The molecule has 1 aliphatic heterocycles.